The lowest BCUT2D eigenvalue weighted by atomic mass is 9.95. The quantitative estimate of drug-likeness (QED) is 0.284. The monoisotopic (exact) mass is 550 g/mol. The number of carbonyl (C=O) groups excluding carboxylic acids is 2. The van der Waals surface area contributed by atoms with Crippen LogP contribution in [0.1, 0.15) is 60.8 Å². The highest BCUT2D eigenvalue weighted by Gasteiger charge is 2.23. The fourth-order valence-electron chi connectivity index (χ4n) is 4.90. The molecule has 2 heterocycles. The van der Waals surface area contributed by atoms with Crippen LogP contribution in [0.5, 0.6) is 5.75 Å². The average Bonchev–Trinajstić information content (AvgIpc) is 3.33. The largest absolute Gasteiger partial charge is 0.497 e. The van der Waals surface area contributed by atoms with Crippen molar-refractivity contribution in [1.29, 1.82) is 0 Å². The van der Waals surface area contributed by atoms with E-state index in [1.165, 1.54) is 5.56 Å². The molecule has 2 amide bonds. The smallest absolute Gasteiger partial charge is 0.407 e. The van der Waals surface area contributed by atoms with Gasteiger partial charge in [0.1, 0.15) is 11.4 Å². The minimum Gasteiger partial charge on any atom is -0.497 e. The predicted molar refractivity (Wildman–Crippen MR) is 161 cm³/mol. The Morgan fingerprint density at radius 2 is 1.83 bits per heavy atom. The molecule has 0 aliphatic carbocycles. The number of fused-ring (bicyclic) bond motifs is 2. The van der Waals surface area contributed by atoms with Crippen molar-refractivity contribution >= 4 is 28.6 Å². The highest BCUT2D eigenvalue weighted by atomic mass is 16.6. The van der Waals surface area contributed by atoms with Gasteiger partial charge in [-0.2, -0.15) is 0 Å². The van der Waals surface area contributed by atoms with Crippen molar-refractivity contribution < 1.29 is 19.1 Å². The van der Waals surface area contributed by atoms with E-state index in [-0.39, 0.29) is 12.5 Å². The van der Waals surface area contributed by atoms with Gasteiger partial charge in [-0.3, -0.25) is 14.8 Å². The lowest BCUT2D eigenvalue weighted by Gasteiger charge is -2.23. The van der Waals surface area contributed by atoms with Gasteiger partial charge in [-0.25, -0.2) is 4.79 Å². The summed E-state index contributed by atoms with van der Waals surface area (Å²) in [6.45, 7) is 8.22. The Hall–Kier alpha value is -4.72. The van der Waals surface area contributed by atoms with Crippen LogP contribution in [0.4, 0.5) is 4.79 Å². The van der Waals surface area contributed by atoms with Crippen LogP contribution in [0.3, 0.4) is 0 Å². The van der Waals surface area contributed by atoms with Crippen molar-refractivity contribution in [2.45, 2.75) is 45.9 Å². The molecule has 3 aromatic carbocycles. The van der Waals surface area contributed by atoms with Crippen molar-refractivity contribution in [3.8, 4) is 16.9 Å². The number of ether oxygens (including phenoxy) is 2. The number of pyridine rings is 1. The molecule has 210 valence electrons. The molecular weight excluding hydrogens is 516 g/mol. The van der Waals surface area contributed by atoms with E-state index in [0.29, 0.717) is 23.4 Å². The van der Waals surface area contributed by atoms with Crippen molar-refractivity contribution in [3.63, 3.8) is 0 Å². The van der Waals surface area contributed by atoms with Crippen LogP contribution in [0.2, 0.25) is 0 Å². The van der Waals surface area contributed by atoms with E-state index in [9.17, 15) is 9.59 Å². The van der Waals surface area contributed by atoms with Crippen LogP contribution in [0, 0.1) is 0 Å². The molecule has 1 atom stereocenters. The summed E-state index contributed by atoms with van der Waals surface area (Å²) in [4.78, 5) is 35.5. The summed E-state index contributed by atoms with van der Waals surface area (Å²) in [6.07, 6.45) is 1.11. The number of methoxy groups -OCH3 is 1. The van der Waals surface area contributed by atoms with Crippen LogP contribution < -0.4 is 15.4 Å². The highest BCUT2D eigenvalue weighted by molar-refractivity contribution is 6.08. The van der Waals surface area contributed by atoms with Crippen molar-refractivity contribution in [2.75, 3.05) is 13.7 Å². The number of hydrogen-bond acceptors (Lipinski definition) is 6. The number of benzene rings is 3. The van der Waals surface area contributed by atoms with E-state index in [2.05, 4.69) is 38.8 Å². The zero-order valence-corrected chi connectivity index (χ0v) is 23.9. The molecule has 1 unspecified atom stereocenters. The maximum Gasteiger partial charge on any atom is 0.407 e. The molecule has 5 rings (SSSR count). The Kier molecular flexibility index (Phi) is 7.75. The van der Waals surface area contributed by atoms with Crippen LogP contribution in [0.15, 0.2) is 77.9 Å². The zero-order valence-electron chi connectivity index (χ0n) is 23.9. The summed E-state index contributed by atoms with van der Waals surface area (Å²) in [5.41, 5.74) is 6.41. The SMILES string of the molecule is COc1cccc(C(CNC(=O)OC(C)(C)C)NC(=O)c2cc(-c3ccc4c(c3)C(C)=NC4)cc3cccnc23)c1. The summed E-state index contributed by atoms with van der Waals surface area (Å²) in [6, 6.07) is 20.8. The third kappa shape index (κ3) is 6.38. The molecule has 2 N–H and O–H groups in total. The molecule has 1 aromatic heterocycles. The van der Waals surface area contributed by atoms with E-state index < -0.39 is 17.7 Å². The Balaban J connectivity index is 1.49. The molecule has 0 spiro atoms. The summed E-state index contributed by atoms with van der Waals surface area (Å²) in [5.74, 6) is 0.330. The first kappa shape index (κ1) is 27.8. The molecule has 1 aliphatic heterocycles. The Morgan fingerprint density at radius 1 is 1.00 bits per heavy atom. The van der Waals surface area contributed by atoms with Gasteiger partial charge in [-0.05, 0) is 86.3 Å². The number of nitrogens with zero attached hydrogens (tertiary/aromatic N) is 2. The maximum absolute atomic E-state index is 13.9. The Morgan fingerprint density at radius 3 is 2.61 bits per heavy atom. The molecule has 0 saturated carbocycles. The first-order valence-electron chi connectivity index (χ1n) is 13.6. The van der Waals surface area contributed by atoms with E-state index in [1.54, 1.807) is 34.1 Å². The van der Waals surface area contributed by atoms with E-state index in [4.69, 9.17) is 9.47 Å². The number of carbonyl (C=O) groups is 2. The number of aromatic nitrogens is 1. The van der Waals surface area contributed by atoms with Crippen LogP contribution in [-0.2, 0) is 11.3 Å². The summed E-state index contributed by atoms with van der Waals surface area (Å²) < 4.78 is 10.8. The minimum atomic E-state index is -0.647. The van der Waals surface area contributed by atoms with Crippen LogP contribution in [-0.4, -0.2) is 42.0 Å². The number of rotatable bonds is 7. The van der Waals surface area contributed by atoms with E-state index >= 15 is 0 Å². The normalized spacial score (nSPS) is 13.2. The summed E-state index contributed by atoms with van der Waals surface area (Å²) >= 11 is 0. The molecule has 8 nitrogen and oxygen atoms in total. The van der Waals surface area contributed by atoms with Gasteiger partial charge >= 0.3 is 6.09 Å². The fraction of sp³-hybridized carbons (Fsp3) is 0.273. The molecule has 0 saturated heterocycles. The fourth-order valence-corrected chi connectivity index (χ4v) is 4.90. The predicted octanol–water partition coefficient (Wildman–Crippen LogP) is 6.23. The average molecular weight is 551 g/mol. The molecule has 0 radical (unpaired) electrons. The van der Waals surface area contributed by atoms with Gasteiger partial charge < -0.3 is 20.1 Å². The lowest BCUT2D eigenvalue weighted by molar-refractivity contribution is 0.0520. The van der Waals surface area contributed by atoms with Crippen LogP contribution >= 0.6 is 0 Å². The number of hydrogen-bond donors (Lipinski definition) is 2. The third-order valence-corrected chi connectivity index (χ3v) is 6.92. The molecular formula is C33H34N4O4. The number of aliphatic imine (C=N–C) groups is 1. The van der Waals surface area contributed by atoms with Crippen molar-refractivity contribution in [3.05, 3.63) is 95.2 Å². The van der Waals surface area contributed by atoms with Gasteiger partial charge in [0.2, 0.25) is 0 Å². The first-order chi connectivity index (χ1) is 19.6. The topological polar surface area (TPSA) is 102 Å². The maximum atomic E-state index is 13.9. The number of amides is 2. The van der Waals surface area contributed by atoms with E-state index in [1.807, 2.05) is 55.5 Å². The zero-order chi connectivity index (χ0) is 29.1. The van der Waals surface area contributed by atoms with Crippen molar-refractivity contribution in [1.82, 2.24) is 15.6 Å². The van der Waals surface area contributed by atoms with Crippen molar-refractivity contribution in [2.24, 2.45) is 4.99 Å². The minimum absolute atomic E-state index is 0.113. The second-order valence-corrected chi connectivity index (χ2v) is 11.1. The van der Waals surface area contributed by atoms with Gasteiger partial charge in [0.25, 0.3) is 5.91 Å². The van der Waals surface area contributed by atoms with Gasteiger partial charge in [-0.15, -0.1) is 0 Å². The molecule has 1 aliphatic rings. The van der Waals surface area contributed by atoms with Crippen LogP contribution in [0.25, 0.3) is 22.0 Å². The second kappa shape index (κ2) is 11.4. The molecule has 41 heavy (non-hydrogen) atoms. The van der Waals surface area contributed by atoms with E-state index in [0.717, 1.165) is 33.4 Å². The highest BCUT2D eigenvalue weighted by Crippen LogP contribution is 2.31. The molecule has 0 fully saturated rings. The molecule has 4 aromatic rings. The van der Waals surface area contributed by atoms with Gasteiger partial charge in [0.15, 0.2) is 0 Å². The second-order valence-electron chi connectivity index (χ2n) is 11.1. The van der Waals surface area contributed by atoms with Gasteiger partial charge in [0.05, 0.1) is 30.8 Å². The number of nitrogens with one attached hydrogen (secondary N) is 2. The Bertz CT molecular complexity index is 1660. The molecule has 0 bridgehead atoms. The lowest BCUT2D eigenvalue weighted by Crippen LogP contribution is -2.40. The van der Waals surface area contributed by atoms with Gasteiger partial charge in [-0.1, -0.05) is 30.3 Å². The number of alkyl carbamates (subject to hydrolysis) is 1. The molecule has 8 heteroatoms. The summed E-state index contributed by atoms with van der Waals surface area (Å²) in [5, 5.41) is 6.76. The standard InChI is InChI=1S/C33H34N4O4/c1-20-27-16-21(11-12-24(27)18-35-20)25-14-23-9-7-13-34-30(23)28(17-25)31(38)37-29(19-36-32(39)41-33(2,3)4)22-8-6-10-26(15-22)40-5/h6-17,29H,18-19H2,1-5H3,(H,36,39)(H,37,38). The Labute approximate surface area is 239 Å². The first-order valence-corrected chi connectivity index (χ1v) is 13.6. The summed E-state index contributed by atoms with van der Waals surface area (Å²) in [7, 11) is 1.58. The third-order valence-electron chi connectivity index (χ3n) is 6.92. The van der Waals surface area contributed by atoms with Gasteiger partial charge in [0, 0.05) is 29.4 Å².